The van der Waals surface area contributed by atoms with E-state index in [1.54, 1.807) is 12.1 Å². The molecule has 20 heavy (non-hydrogen) atoms. The Morgan fingerprint density at radius 3 is 2.60 bits per heavy atom. The number of pyridine rings is 1. The van der Waals surface area contributed by atoms with Crippen molar-refractivity contribution >= 4 is 49.1 Å². The Balaban J connectivity index is 2.22. The van der Waals surface area contributed by atoms with Crippen LogP contribution < -0.4 is 5.32 Å². The van der Waals surface area contributed by atoms with Gasteiger partial charge in [0.15, 0.2) is 0 Å². The molecule has 0 radical (unpaired) electrons. The second-order valence-corrected chi connectivity index (χ2v) is 5.41. The van der Waals surface area contributed by atoms with Gasteiger partial charge >= 0.3 is 0 Å². The van der Waals surface area contributed by atoms with E-state index in [9.17, 15) is 14.9 Å². The van der Waals surface area contributed by atoms with Crippen LogP contribution >= 0.6 is 31.9 Å². The summed E-state index contributed by atoms with van der Waals surface area (Å²) in [7, 11) is 0. The number of rotatable bonds is 3. The third-order valence-electron chi connectivity index (χ3n) is 2.40. The minimum Gasteiger partial charge on any atom is -0.321 e. The maximum Gasteiger partial charge on any atom is 0.270 e. The number of hydrogen-bond acceptors (Lipinski definition) is 4. The van der Waals surface area contributed by atoms with Gasteiger partial charge in [-0.25, -0.2) is 4.98 Å². The first-order chi connectivity index (χ1) is 9.47. The zero-order valence-corrected chi connectivity index (χ0v) is 13.0. The van der Waals surface area contributed by atoms with Gasteiger partial charge in [-0.2, -0.15) is 0 Å². The van der Waals surface area contributed by atoms with Crippen molar-refractivity contribution in [3.8, 4) is 0 Å². The molecule has 0 aliphatic carbocycles. The van der Waals surface area contributed by atoms with Gasteiger partial charge in [-0.15, -0.1) is 0 Å². The van der Waals surface area contributed by atoms with Crippen molar-refractivity contribution in [2.45, 2.75) is 0 Å². The first-order valence-electron chi connectivity index (χ1n) is 5.34. The number of nitrogens with one attached hydrogen (secondary N) is 1. The summed E-state index contributed by atoms with van der Waals surface area (Å²) in [5.74, 6) is -0.331. The van der Waals surface area contributed by atoms with E-state index in [0.29, 0.717) is 20.3 Å². The predicted molar refractivity (Wildman–Crippen MR) is 80.7 cm³/mol. The Hall–Kier alpha value is -1.80. The number of amides is 1. The normalized spacial score (nSPS) is 10.1. The number of nitro groups is 1. The van der Waals surface area contributed by atoms with Gasteiger partial charge in [-0.3, -0.25) is 14.9 Å². The number of carbonyl (C=O) groups is 1. The van der Waals surface area contributed by atoms with Crippen molar-refractivity contribution in [2.24, 2.45) is 0 Å². The smallest absolute Gasteiger partial charge is 0.270 e. The van der Waals surface area contributed by atoms with Gasteiger partial charge in [-0.05, 0) is 50.1 Å². The van der Waals surface area contributed by atoms with Crippen molar-refractivity contribution in [3.63, 3.8) is 0 Å². The fourth-order valence-corrected chi connectivity index (χ4v) is 2.29. The van der Waals surface area contributed by atoms with Gasteiger partial charge < -0.3 is 5.32 Å². The molecular weight excluding hydrogens is 394 g/mol. The Morgan fingerprint density at radius 1 is 1.25 bits per heavy atom. The van der Waals surface area contributed by atoms with Gasteiger partial charge in [0.05, 0.1) is 10.6 Å². The molecule has 0 atom stereocenters. The van der Waals surface area contributed by atoms with Crippen LogP contribution in [0.4, 0.5) is 11.4 Å². The molecule has 1 heterocycles. The molecule has 0 spiro atoms. The Labute approximate surface area is 130 Å². The van der Waals surface area contributed by atoms with Crippen molar-refractivity contribution in [2.75, 3.05) is 5.32 Å². The quantitative estimate of drug-likeness (QED) is 0.482. The molecule has 1 aromatic heterocycles. The number of benzene rings is 1. The molecule has 1 N–H and O–H groups in total. The van der Waals surface area contributed by atoms with Crippen molar-refractivity contribution in [3.05, 3.63) is 61.3 Å². The van der Waals surface area contributed by atoms with Gasteiger partial charge in [0.25, 0.3) is 11.6 Å². The molecule has 2 aromatic rings. The maximum absolute atomic E-state index is 12.0. The minimum atomic E-state index is -0.504. The van der Waals surface area contributed by atoms with Gasteiger partial charge in [-0.1, -0.05) is 0 Å². The third-order valence-corrected chi connectivity index (χ3v) is 3.49. The van der Waals surface area contributed by atoms with Crippen LogP contribution in [0.15, 0.2) is 45.6 Å². The molecule has 1 amide bonds. The molecule has 0 aliphatic heterocycles. The summed E-state index contributed by atoms with van der Waals surface area (Å²) in [6.45, 7) is 0. The lowest BCUT2D eigenvalue weighted by atomic mass is 10.2. The van der Waals surface area contributed by atoms with Gasteiger partial charge in [0, 0.05) is 28.4 Å². The highest BCUT2D eigenvalue weighted by Crippen LogP contribution is 2.27. The number of hydrogen-bond donors (Lipinski definition) is 1. The first-order valence-corrected chi connectivity index (χ1v) is 6.93. The minimum absolute atomic E-state index is 0.0541. The highest BCUT2D eigenvalue weighted by molar-refractivity contribution is 9.10. The predicted octanol–water partition coefficient (Wildman–Crippen LogP) is 3.77. The largest absolute Gasteiger partial charge is 0.321 e. The lowest BCUT2D eigenvalue weighted by molar-refractivity contribution is -0.384. The molecule has 0 aliphatic rings. The molecule has 6 nitrogen and oxygen atoms in total. The topological polar surface area (TPSA) is 85.1 Å². The SMILES string of the molecule is O=C(Nc1ccc([N+](=O)[O-])cc1Br)c1ccnc(Br)c1. The number of halogens is 2. The van der Waals surface area contributed by atoms with Gasteiger partial charge in [0.1, 0.15) is 4.60 Å². The van der Waals surface area contributed by atoms with E-state index in [0.717, 1.165) is 0 Å². The summed E-state index contributed by atoms with van der Waals surface area (Å²) >= 11 is 6.37. The van der Waals surface area contributed by atoms with Crippen molar-refractivity contribution < 1.29 is 9.72 Å². The van der Waals surface area contributed by atoms with Crippen molar-refractivity contribution in [1.82, 2.24) is 4.98 Å². The molecule has 102 valence electrons. The third kappa shape index (κ3) is 3.40. The molecule has 0 bridgehead atoms. The summed E-state index contributed by atoms with van der Waals surface area (Å²) in [4.78, 5) is 26.1. The van der Waals surface area contributed by atoms with Crippen LogP contribution in [0.1, 0.15) is 10.4 Å². The number of nitrogens with zero attached hydrogens (tertiary/aromatic N) is 2. The van der Waals surface area contributed by atoms with Crippen LogP contribution in [-0.4, -0.2) is 15.8 Å². The first kappa shape index (κ1) is 14.6. The van der Waals surface area contributed by atoms with Crippen LogP contribution in [0.2, 0.25) is 0 Å². The van der Waals surface area contributed by atoms with Gasteiger partial charge in [0.2, 0.25) is 0 Å². The average Bonchev–Trinajstić information content (AvgIpc) is 2.40. The van der Waals surface area contributed by atoms with E-state index in [-0.39, 0.29) is 11.6 Å². The van der Waals surface area contributed by atoms with Crippen LogP contribution in [0.25, 0.3) is 0 Å². The zero-order chi connectivity index (χ0) is 14.7. The molecular formula is C12H7Br2N3O3. The fourth-order valence-electron chi connectivity index (χ4n) is 1.46. The second kappa shape index (κ2) is 6.10. The fraction of sp³-hybridized carbons (Fsp3) is 0. The number of carbonyl (C=O) groups excluding carboxylic acids is 1. The van der Waals surface area contributed by atoms with E-state index in [2.05, 4.69) is 42.2 Å². The molecule has 1 aromatic carbocycles. The lowest BCUT2D eigenvalue weighted by Gasteiger charge is -2.07. The van der Waals surface area contributed by atoms with E-state index >= 15 is 0 Å². The number of nitro benzene ring substituents is 1. The van der Waals surface area contributed by atoms with E-state index < -0.39 is 4.92 Å². The number of non-ortho nitro benzene ring substituents is 1. The molecule has 8 heteroatoms. The average molecular weight is 401 g/mol. The summed E-state index contributed by atoms with van der Waals surface area (Å²) in [5.41, 5.74) is 0.826. The molecule has 0 saturated carbocycles. The standard InChI is InChI=1S/C12H7Br2N3O3/c13-9-6-8(17(19)20)1-2-10(9)16-12(18)7-3-4-15-11(14)5-7/h1-6H,(H,16,18). The zero-order valence-electron chi connectivity index (χ0n) is 9.84. The molecule has 0 fully saturated rings. The molecule has 0 saturated heterocycles. The van der Waals surface area contributed by atoms with Crippen LogP contribution in [0, 0.1) is 10.1 Å². The van der Waals surface area contributed by atoms with E-state index in [1.807, 2.05) is 0 Å². The van der Waals surface area contributed by atoms with Crippen molar-refractivity contribution in [1.29, 1.82) is 0 Å². The summed E-state index contributed by atoms with van der Waals surface area (Å²) < 4.78 is 0.987. The van der Waals surface area contributed by atoms with E-state index in [1.165, 1.54) is 24.4 Å². The summed E-state index contributed by atoms with van der Waals surface area (Å²) in [6, 6.07) is 7.27. The molecule has 0 unspecified atom stereocenters. The number of anilines is 1. The van der Waals surface area contributed by atoms with Crippen LogP contribution in [0.3, 0.4) is 0 Å². The Bertz CT molecular complexity index is 691. The Morgan fingerprint density at radius 2 is 2.00 bits per heavy atom. The maximum atomic E-state index is 12.0. The number of aromatic nitrogens is 1. The Kier molecular flexibility index (Phi) is 4.46. The second-order valence-electron chi connectivity index (χ2n) is 3.74. The summed E-state index contributed by atoms with van der Waals surface area (Å²) in [6.07, 6.45) is 1.50. The van der Waals surface area contributed by atoms with Crippen LogP contribution in [0.5, 0.6) is 0 Å². The van der Waals surface area contributed by atoms with Crippen LogP contribution in [-0.2, 0) is 0 Å². The monoisotopic (exact) mass is 399 g/mol. The lowest BCUT2D eigenvalue weighted by Crippen LogP contribution is -2.12. The highest BCUT2D eigenvalue weighted by atomic mass is 79.9. The molecule has 2 rings (SSSR count). The van der Waals surface area contributed by atoms with E-state index in [4.69, 9.17) is 0 Å². The summed E-state index contributed by atoms with van der Waals surface area (Å²) in [5, 5.41) is 13.3. The highest BCUT2D eigenvalue weighted by Gasteiger charge is 2.12.